The summed E-state index contributed by atoms with van der Waals surface area (Å²) in [5.41, 5.74) is 6.08. The van der Waals surface area contributed by atoms with Gasteiger partial charge in [0.2, 0.25) is 0 Å². The largest absolute Gasteiger partial charge is 0.388 e. The lowest BCUT2D eigenvalue weighted by atomic mass is 9.99. The molecular formula is C18H31NO3S. The second-order valence-electron chi connectivity index (χ2n) is 6.24. The normalized spacial score (nSPS) is 14.6. The fourth-order valence-corrected chi connectivity index (χ4v) is 4.61. The molecule has 0 aliphatic carbocycles. The van der Waals surface area contributed by atoms with E-state index in [-0.39, 0.29) is 11.7 Å². The zero-order valence-electron chi connectivity index (χ0n) is 14.4. The topological polar surface area (TPSA) is 80.4 Å². The molecule has 1 rings (SSSR count). The van der Waals surface area contributed by atoms with Gasteiger partial charge in [-0.05, 0) is 49.4 Å². The van der Waals surface area contributed by atoms with Crippen molar-refractivity contribution in [3.63, 3.8) is 0 Å². The second kappa shape index (κ2) is 10.1. The number of hydrogen-bond acceptors (Lipinski definition) is 4. The number of hydrogen-bond donors (Lipinski definition) is 2. The Morgan fingerprint density at radius 3 is 2.48 bits per heavy atom. The highest BCUT2D eigenvalue weighted by molar-refractivity contribution is 7.91. The van der Waals surface area contributed by atoms with E-state index in [0.717, 1.165) is 32.1 Å². The van der Waals surface area contributed by atoms with Crippen molar-refractivity contribution in [1.29, 1.82) is 0 Å². The van der Waals surface area contributed by atoms with Gasteiger partial charge in [-0.1, -0.05) is 45.2 Å². The van der Waals surface area contributed by atoms with E-state index in [2.05, 4.69) is 13.8 Å². The molecule has 0 amide bonds. The van der Waals surface area contributed by atoms with Crippen molar-refractivity contribution in [2.45, 2.75) is 63.4 Å². The highest BCUT2D eigenvalue weighted by atomic mass is 32.2. The van der Waals surface area contributed by atoms with Crippen LogP contribution in [0, 0.1) is 5.92 Å². The van der Waals surface area contributed by atoms with Crippen molar-refractivity contribution in [3.05, 3.63) is 29.8 Å². The molecule has 1 aromatic rings. The molecule has 132 valence electrons. The van der Waals surface area contributed by atoms with Crippen LogP contribution in [0.15, 0.2) is 29.2 Å². The summed E-state index contributed by atoms with van der Waals surface area (Å²) in [4.78, 5) is 0.309. The van der Waals surface area contributed by atoms with E-state index in [0.29, 0.717) is 23.4 Å². The predicted octanol–water partition coefficient (Wildman–Crippen LogP) is 3.45. The zero-order valence-corrected chi connectivity index (χ0v) is 15.2. The monoisotopic (exact) mass is 341 g/mol. The first kappa shape index (κ1) is 20.1. The fraction of sp³-hybridized carbons (Fsp3) is 0.667. The van der Waals surface area contributed by atoms with Gasteiger partial charge in [0.1, 0.15) is 0 Å². The Bertz CT molecular complexity index is 557. The summed E-state index contributed by atoms with van der Waals surface area (Å²) in [6, 6.07) is 6.66. The molecule has 3 N–H and O–H groups in total. The smallest absolute Gasteiger partial charge is 0.178 e. The van der Waals surface area contributed by atoms with Crippen molar-refractivity contribution in [3.8, 4) is 0 Å². The molecule has 0 aromatic heterocycles. The summed E-state index contributed by atoms with van der Waals surface area (Å²) in [5, 5.41) is 10.0. The third-order valence-corrected chi connectivity index (χ3v) is 6.04. The first-order chi connectivity index (χ1) is 10.9. The molecule has 0 radical (unpaired) electrons. The van der Waals surface area contributed by atoms with Crippen LogP contribution >= 0.6 is 0 Å². The third kappa shape index (κ3) is 6.61. The molecule has 23 heavy (non-hydrogen) atoms. The third-order valence-electron chi connectivity index (χ3n) is 4.16. The summed E-state index contributed by atoms with van der Waals surface area (Å²) < 4.78 is 25.4. The SMILES string of the molecule is CCCCC(CCC)CS(=O)(=O)c1cccc(C(O)CCN)c1. The quantitative estimate of drug-likeness (QED) is 0.646. The molecule has 0 spiro atoms. The number of aliphatic hydroxyl groups excluding tert-OH is 1. The molecular weight excluding hydrogens is 310 g/mol. The Morgan fingerprint density at radius 1 is 1.13 bits per heavy atom. The number of sulfone groups is 1. The maximum Gasteiger partial charge on any atom is 0.178 e. The minimum Gasteiger partial charge on any atom is -0.388 e. The van der Waals surface area contributed by atoms with Crippen LogP contribution in [-0.4, -0.2) is 25.8 Å². The van der Waals surface area contributed by atoms with Crippen LogP contribution in [0.25, 0.3) is 0 Å². The van der Waals surface area contributed by atoms with Gasteiger partial charge in [-0.2, -0.15) is 0 Å². The minimum atomic E-state index is -3.33. The van der Waals surface area contributed by atoms with E-state index in [1.54, 1.807) is 24.3 Å². The molecule has 0 fully saturated rings. The van der Waals surface area contributed by atoms with Crippen LogP contribution in [0.3, 0.4) is 0 Å². The maximum atomic E-state index is 12.7. The zero-order chi connectivity index (χ0) is 17.3. The number of benzene rings is 1. The molecule has 0 saturated carbocycles. The van der Waals surface area contributed by atoms with Gasteiger partial charge in [-0.25, -0.2) is 8.42 Å². The van der Waals surface area contributed by atoms with E-state index in [1.807, 2.05) is 0 Å². The lowest BCUT2D eigenvalue weighted by Crippen LogP contribution is -2.17. The average Bonchev–Trinajstić information content (AvgIpc) is 2.53. The molecule has 4 nitrogen and oxygen atoms in total. The van der Waals surface area contributed by atoms with Crippen molar-refractivity contribution in [2.24, 2.45) is 11.7 Å². The number of unbranched alkanes of at least 4 members (excludes halogenated alkanes) is 1. The van der Waals surface area contributed by atoms with Gasteiger partial charge >= 0.3 is 0 Å². The molecule has 1 aromatic carbocycles. The van der Waals surface area contributed by atoms with E-state index in [4.69, 9.17) is 5.73 Å². The average molecular weight is 342 g/mol. The summed E-state index contributed by atoms with van der Waals surface area (Å²) in [7, 11) is -3.33. The van der Waals surface area contributed by atoms with E-state index >= 15 is 0 Å². The highest BCUT2D eigenvalue weighted by Gasteiger charge is 2.21. The van der Waals surface area contributed by atoms with E-state index in [1.165, 1.54) is 0 Å². The van der Waals surface area contributed by atoms with Gasteiger partial charge in [0.15, 0.2) is 9.84 Å². The van der Waals surface area contributed by atoms with Crippen LogP contribution in [0.4, 0.5) is 0 Å². The highest BCUT2D eigenvalue weighted by Crippen LogP contribution is 2.24. The van der Waals surface area contributed by atoms with Crippen LogP contribution in [0.5, 0.6) is 0 Å². The lowest BCUT2D eigenvalue weighted by molar-refractivity contribution is 0.170. The Labute approximate surface area is 141 Å². The number of rotatable bonds is 11. The molecule has 0 aliphatic rings. The molecule has 0 bridgehead atoms. The maximum absolute atomic E-state index is 12.7. The van der Waals surface area contributed by atoms with E-state index in [9.17, 15) is 13.5 Å². The lowest BCUT2D eigenvalue weighted by Gasteiger charge is -2.17. The Morgan fingerprint density at radius 2 is 1.87 bits per heavy atom. The molecule has 2 unspecified atom stereocenters. The summed E-state index contributed by atoms with van der Waals surface area (Å²) >= 11 is 0. The van der Waals surface area contributed by atoms with Crippen molar-refractivity contribution < 1.29 is 13.5 Å². The summed E-state index contributed by atoms with van der Waals surface area (Å²) in [5.74, 6) is 0.402. The Balaban J connectivity index is 2.91. The fourth-order valence-electron chi connectivity index (χ4n) is 2.86. The van der Waals surface area contributed by atoms with Crippen molar-refractivity contribution in [1.82, 2.24) is 0 Å². The Hall–Kier alpha value is -0.910. The molecule has 2 atom stereocenters. The number of nitrogens with two attached hydrogens (primary N) is 1. The first-order valence-corrected chi connectivity index (χ1v) is 10.3. The first-order valence-electron chi connectivity index (χ1n) is 8.65. The van der Waals surface area contributed by atoms with Crippen molar-refractivity contribution >= 4 is 9.84 Å². The van der Waals surface area contributed by atoms with Crippen molar-refractivity contribution in [2.75, 3.05) is 12.3 Å². The van der Waals surface area contributed by atoms with Crippen LogP contribution in [-0.2, 0) is 9.84 Å². The van der Waals surface area contributed by atoms with Gasteiger partial charge in [0, 0.05) is 0 Å². The Kier molecular flexibility index (Phi) is 8.81. The minimum absolute atomic E-state index is 0.192. The standard InChI is InChI=1S/C18H31NO3S/c1-3-5-8-15(7-4-2)14-23(21,22)17-10-6-9-16(13-17)18(20)11-12-19/h6,9-10,13,15,18,20H,3-5,7-8,11-12,14,19H2,1-2H3. The van der Waals surface area contributed by atoms with Crippen LogP contribution < -0.4 is 5.73 Å². The van der Waals surface area contributed by atoms with Gasteiger partial charge in [0.05, 0.1) is 16.8 Å². The second-order valence-corrected chi connectivity index (χ2v) is 8.28. The van der Waals surface area contributed by atoms with Crippen LogP contribution in [0.1, 0.15) is 64.0 Å². The molecule has 0 saturated heterocycles. The van der Waals surface area contributed by atoms with Gasteiger partial charge in [0.25, 0.3) is 0 Å². The predicted molar refractivity (Wildman–Crippen MR) is 95.0 cm³/mol. The van der Waals surface area contributed by atoms with Gasteiger partial charge < -0.3 is 10.8 Å². The molecule has 0 heterocycles. The summed E-state index contributed by atoms with van der Waals surface area (Å²) in [6.45, 7) is 4.59. The van der Waals surface area contributed by atoms with Crippen LogP contribution in [0.2, 0.25) is 0 Å². The van der Waals surface area contributed by atoms with Gasteiger partial charge in [-0.15, -0.1) is 0 Å². The molecule has 0 aliphatic heterocycles. The summed E-state index contributed by atoms with van der Waals surface area (Å²) in [6.07, 6.45) is 4.77. The van der Waals surface area contributed by atoms with Gasteiger partial charge in [-0.3, -0.25) is 0 Å². The molecule has 5 heteroatoms. The van der Waals surface area contributed by atoms with E-state index < -0.39 is 15.9 Å². The number of aliphatic hydroxyl groups is 1.